The Morgan fingerprint density at radius 2 is 1.85 bits per heavy atom. The molecular weight excluding hydrogens is 350 g/mol. The fraction of sp³-hybridized carbons (Fsp3) is 0.211. The molecule has 0 aliphatic heterocycles. The second kappa shape index (κ2) is 7.36. The molecule has 27 heavy (non-hydrogen) atoms. The first kappa shape index (κ1) is 18.2. The van der Waals surface area contributed by atoms with Crippen LogP contribution in [0.4, 0.5) is 5.69 Å². The van der Waals surface area contributed by atoms with Crippen molar-refractivity contribution in [2.45, 2.75) is 26.9 Å². The van der Waals surface area contributed by atoms with Gasteiger partial charge >= 0.3 is 5.97 Å². The number of carbonyl (C=O) groups is 1. The molecule has 3 aromatic rings. The van der Waals surface area contributed by atoms with Crippen molar-refractivity contribution >= 4 is 11.7 Å². The van der Waals surface area contributed by atoms with Gasteiger partial charge in [-0.15, -0.1) is 10.2 Å². The molecule has 0 bridgehead atoms. The number of non-ortho nitro benzene ring substituents is 1. The van der Waals surface area contributed by atoms with Gasteiger partial charge in [0.15, 0.2) is 6.10 Å². The number of hydrogen-bond donors (Lipinski definition) is 0. The van der Waals surface area contributed by atoms with Gasteiger partial charge in [0.1, 0.15) is 0 Å². The number of nitrogens with zero attached hydrogens (tertiary/aromatic N) is 3. The lowest BCUT2D eigenvalue weighted by Gasteiger charge is -2.12. The molecule has 0 aliphatic rings. The van der Waals surface area contributed by atoms with Crippen LogP contribution < -0.4 is 0 Å². The van der Waals surface area contributed by atoms with Gasteiger partial charge in [-0.1, -0.05) is 12.1 Å². The quantitative estimate of drug-likeness (QED) is 0.378. The topological polar surface area (TPSA) is 108 Å². The highest BCUT2D eigenvalue weighted by Gasteiger charge is 2.21. The predicted molar refractivity (Wildman–Crippen MR) is 96.1 cm³/mol. The summed E-state index contributed by atoms with van der Waals surface area (Å²) < 4.78 is 11.0. The Hall–Kier alpha value is -3.55. The third-order valence-corrected chi connectivity index (χ3v) is 4.22. The van der Waals surface area contributed by atoms with Crippen LogP contribution in [0.2, 0.25) is 0 Å². The van der Waals surface area contributed by atoms with Gasteiger partial charge in [-0.3, -0.25) is 10.1 Å². The van der Waals surface area contributed by atoms with Crippen molar-refractivity contribution in [3.63, 3.8) is 0 Å². The van der Waals surface area contributed by atoms with E-state index in [2.05, 4.69) is 10.2 Å². The number of carbonyl (C=O) groups excluding carboxylic acids is 1. The number of benzene rings is 2. The van der Waals surface area contributed by atoms with Crippen molar-refractivity contribution in [3.05, 3.63) is 75.2 Å². The number of esters is 1. The zero-order valence-electron chi connectivity index (χ0n) is 15.0. The summed E-state index contributed by atoms with van der Waals surface area (Å²) in [5.74, 6) is -0.143. The van der Waals surface area contributed by atoms with Crippen LogP contribution in [0.1, 0.15) is 40.4 Å². The van der Waals surface area contributed by atoms with Crippen LogP contribution in [-0.2, 0) is 4.74 Å². The first-order chi connectivity index (χ1) is 12.9. The highest BCUT2D eigenvalue weighted by Crippen LogP contribution is 2.25. The Kier molecular flexibility index (Phi) is 4.98. The lowest BCUT2D eigenvalue weighted by atomic mass is 10.0. The van der Waals surface area contributed by atoms with E-state index in [-0.39, 0.29) is 17.5 Å². The normalized spacial score (nSPS) is 11.8. The van der Waals surface area contributed by atoms with E-state index in [0.717, 1.165) is 11.1 Å². The van der Waals surface area contributed by atoms with Crippen LogP contribution in [0.15, 0.2) is 46.9 Å². The maximum absolute atomic E-state index is 12.4. The van der Waals surface area contributed by atoms with E-state index >= 15 is 0 Å². The first-order valence-corrected chi connectivity index (χ1v) is 8.22. The van der Waals surface area contributed by atoms with Gasteiger partial charge in [0.2, 0.25) is 5.89 Å². The van der Waals surface area contributed by atoms with Crippen LogP contribution in [0, 0.1) is 24.0 Å². The van der Waals surface area contributed by atoms with Crippen molar-refractivity contribution in [2.75, 3.05) is 0 Å². The Bertz CT molecular complexity index is 995. The smallest absolute Gasteiger partial charge is 0.339 e. The second-order valence-corrected chi connectivity index (χ2v) is 6.04. The minimum absolute atomic E-state index is 0.0330. The van der Waals surface area contributed by atoms with E-state index in [4.69, 9.17) is 9.15 Å². The molecule has 0 spiro atoms. The van der Waals surface area contributed by atoms with E-state index in [1.807, 2.05) is 19.9 Å². The summed E-state index contributed by atoms with van der Waals surface area (Å²) >= 11 is 0. The first-order valence-electron chi connectivity index (χ1n) is 8.22. The molecule has 1 aromatic heterocycles. The van der Waals surface area contributed by atoms with Crippen molar-refractivity contribution in [1.29, 1.82) is 0 Å². The number of aromatic nitrogens is 2. The molecule has 8 heteroatoms. The monoisotopic (exact) mass is 367 g/mol. The molecule has 0 radical (unpaired) electrons. The SMILES string of the molecule is Cc1cccc(C(=O)O[C@@H](C)c2nnc(-c3ccc([N+](=O)[O-])cc3)o2)c1C. The Morgan fingerprint density at radius 1 is 1.15 bits per heavy atom. The third-order valence-electron chi connectivity index (χ3n) is 4.22. The van der Waals surface area contributed by atoms with E-state index in [0.29, 0.717) is 11.1 Å². The summed E-state index contributed by atoms with van der Waals surface area (Å²) in [5, 5.41) is 18.5. The summed E-state index contributed by atoms with van der Waals surface area (Å²) in [4.78, 5) is 22.6. The zero-order valence-corrected chi connectivity index (χ0v) is 15.0. The maximum Gasteiger partial charge on any atom is 0.339 e. The molecule has 8 nitrogen and oxygen atoms in total. The zero-order chi connectivity index (χ0) is 19.6. The standard InChI is InChI=1S/C19H17N3O5/c1-11-5-4-6-16(12(11)2)19(23)26-13(3)17-20-21-18(27-17)14-7-9-15(10-8-14)22(24)25/h4-10,13H,1-3H3/t13-/m0/s1. The largest absolute Gasteiger partial charge is 0.449 e. The van der Waals surface area contributed by atoms with Crippen LogP contribution in [0.25, 0.3) is 11.5 Å². The average Bonchev–Trinajstić information content (AvgIpc) is 3.14. The second-order valence-electron chi connectivity index (χ2n) is 6.04. The number of nitro groups is 1. The molecular formula is C19H17N3O5. The molecule has 3 rings (SSSR count). The molecule has 2 aromatic carbocycles. The van der Waals surface area contributed by atoms with Gasteiger partial charge in [-0.25, -0.2) is 4.79 Å². The van der Waals surface area contributed by atoms with Gasteiger partial charge in [0, 0.05) is 17.7 Å². The Morgan fingerprint density at radius 3 is 2.52 bits per heavy atom. The van der Waals surface area contributed by atoms with Crippen molar-refractivity contribution in [2.24, 2.45) is 0 Å². The summed E-state index contributed by atoms with van der Waals surface area (Å²) in [5.41, 5.74) is 2.83. The Balaban J connectivity index is 1.74. The number of ether oxygens (including phenoxy) is 1. The predicted octanol–water partition coefficient (Wildman–Crippen LogP) is 4.18. The molecule has 0 saturated heterocycles. The number of nitro benzene ring substituents is 1. The molecule has 0 aliphatic carbocycles. The van der Waals surface area contributed by atoms with Gasteiger partial charge < -0.3 is 9.15 Å². The molecule has 1 atom stereocenters. The van der Waals surface area contributed by atoms with Crippen LogP contribution in [0.3, 0.4) is 0 Å². The summed E-state index contributed by atoms with van der Waals surface area (Å²) in [6.07, 6.45) is -0.739. The van der Waals surface area contributed by atoms with Crippen molar-refractivity contribution < 1.29 is 18.9 Å². The van der Waals surface area contributed by atoms with Crippen LogP contribution >= 0.6 is 0 Å². The fourth-order valence-electron chi connectivity index (χ4n) is 2.49. The summed E-state index contributed by atoms with van der Waals surface area (Å²) in [6, 6.07) is 11.2. The molecule has 0 amide bonds. The minimum Gasteiger partial charge on any atom is -0.449 e. The molecule has 0 saturated carbocycles. The van der Waals surface area contributed by atoms with Gasteiger partial charge in [0.05, 0.1) is 10.5 Å². The lowest BCUT2D eigenvalue weighted by Crippen LogP contribution is -2.11. The molecule has 138 valence electrons. The van der Waals surface area contributed by atoms with Gasteiger partial charge in [-0.05, 0) is 50.1 Å². The van der Waals surface area contributed by atoms with Crippen molar-refractivity contribution in [3.8, 4) is 11.5 Å². The van der Waals surface area contributed by atoms with Crippen LogP contribution in [0.5, 0.6) is 0 Å². The van der Waals surface area contributed by atoms with Gasteiger partial charge in [-0.2, -0.15) is 0 Å². The van der Waals surface area contributed by atoms with E-state index < -0.39 is 17.0 Å². The highest BCUT2D eigenvalue weighted by molar-refractivity contribution is 5.91. The molecule has 0 unspecified atom stereocenters. The average molecular weight is 367 g/mol. The van der Waals surface area contributed by atoms with E-state index in [1.165, 1.54) is 24.3 Å². The number of rotatable bonds is 5. The summed E-state index contributed by atoms with van der Waals surface area (Å²) in [7, 11) is 0. The highest BCUT2D eigenvalue weighted by atomic mass is 16.6. The lowest BCUT2D eigenvalue weighted by molar-refractivity contribution is -0.384. The molecule has 0 N–H and O–H groups in total. The van der Waals surface area contributed by atoms with E-state index in [1.54, 1.807) is 19.1 Å². The summed E-state index contributed by atoms with van der Waals surface area (Å²) in [6.45, 7) is 5.41. The van der Waals surface area contributed by atoms with Gasteiger partial charge in [0.25, 0.3) is 11.6 Å². The Labute approximate surface area is 155 Å². The minimum atomic E-state index is -0.739. The fourth-order valence-corrected chi connectivity index (χ4v) is 2.49. The molecule has 1 heterocycles. The number of hydrogen-bond acceptors (Lipinski definition) is 7. The molecule has 0 fully saturated rings. The van der Waals surface area contributed by atoms with Crippen LogP contribution in [-0.4, -0.2) is 21.1 Å². The van der Waals surface area contributed by atoms with E-state index in [9.17, 15) is 14.9 Å². The van der Waals surface area contributed by atoms with Crippen molar-refractivity contribution in [1.82, 2.24) is 10.2 Å². The maximum atomic E-state index is 12.4. The third kappa shape index (κ3) is 3.84. The number of aryl methyl sites for hydroxylation is 1.